The number of rotatable bonds is 8. The predicted octanol–water partition coefficient (Wildman–Crippen LogP) is 4.17. The number of amides is 1. The van der Waals surface area contributed by atoms with E-state index >= 15 is 0 Å². The summed E-state index contributed by atoms with van der Waals surface area (Å²) in [6.07, 6.45) is 0.627. The number of hydrogen-bond donors (Lipinski definition) is 1. The molecular weight excluding hydrogens is 520 g/mol. The monoisotopic (exact) mass is 542 g/mol. The van der Waals surface area contributed by atoms with Gasteiger partial charge in [0.1, 0.15) is 6.54 Å². The first-order chi connectivity index (χ1) is 16.3. The molecule has 0 spiro atoms. The molecule has 1 aliphatic rings. The molecule has 0 unspecified atom stereocenters. The Morgan fingerprint density at radius 1 is 0.941 bits per heavy atom. The lowest BCUT2D eigenvalue weighted by Gasteiger charge is -2.22. The molecule has 0 saturated carbocycles. The van der Waals surface area contributed by atoms with Crippen molar-refractivity contribution in [1.29, 1.82) is 0 Å². The number of halogens is 1. The molecule has 4 rings (SSSR count). The van der Waals surface area contributed by atoms with E-state index in [1.54, 1.807) is 17.0 Å². The van der Waals surface area contributed by atoms with Gasteiger partial charge in [-0.25, -0.2) is 8.42 Å². The van der Waals surface area contributed by atoms with Crippen LogP contribution in [0.3, 0.4) is 0 Å². The first-order valence-corrected chi connectivity index (χ1v) is 13.0. The van der Waals surface area contributed by atoms with Crippen molar-refractivity contribution in [1.82, 2.24) is 4.31 Å². The zero-order valence-corrected chi connectivity index (χ0v) is 20.6. The Bertz CT molecular complexity index is 1310. The number of hydrogen-bond acceptors (Lipinski definition) is 4. The third kappa shape index (κ3) is 5.22. The number of para-hydroxylation sites is 1. The third-order valence-corrected chi connectivity index (χ3v) is 8.13. The maximum Gasteiger partial charge on any atom is 0.318 e. The second-order valence-corrected chi connectivity index (χ2v) is 10.8. The summed E-state index contributed by atoms with van der Waals surface area (Å²) in [6, 6.07) is 21.5. The van der Waals surface area contributed by atoms with Crippen LogP contribution in [0.1, 0.15) is 12.0 Å². The van der Waals surface area contributed by atoms with Crippen LogP contribution >= 0.6 is 15.9 Å². The maximum absolute atomic E-state index is 13.2. The van der Waals surface area contributed by atoms with Gasteiger partial charge in [0.05, 0.1) is 4.90 Å². The van der Waals surface area contributed by atoms with Gasteiger partial charge in [-0.3, -0.25) is 9.59 Å². The number of carboxylic acid groups (broad SMARTS) is 1. The molecule has 3 aromatic rings. The molecule has 0 radical (unpaired) electrons. The lowest BCUT2D eigenvalue weighted by Crippen LogP contribution is -2.39. The van der Waals surface area contributed by atoms with Gasteiger partial charge in [0.2, 0.25) is 15.9 Å². The van der Waals surface area contributed by atoms with Gasteiger partial charge in [-0.05, 0) is 53.4 Å². The molecule has 0 fully saturated rings. The Hall–Kier alpha value is -3.01. The van der Waals surface area contributed by atoms with Crippen LogP contribution in [0, 0.1) is 0 Å². The van der Waals surface area contributed by atoms with Gasteiger partial charge in [-0.15, -0.1) is 0 Å². The van der Waals surface area contributed by atoms with Crippen LogP contribution in [0.15, 0.2) is 82.2 Å². The SMILES string of the molecule is O=C(O)CN(CCC(=O)N1CCc2ccccc21)S(=O)(=O)c1ccc(-c2ccc(Br)cc2)cc1. The molecular formula is C25H23BrN2O5S. The molecule has 1 aliphatic heterocycles. The second kappa shape index (κ2) is 10.1. The minimum absolute atomic E-state index is 0.0198. The number of nitrogens with zero attached hydrogens (tertiary/aromatic N) is 2. The molecule has 176 valence electrons. The number of benzene rings is 3. The first kappa shape index (κ1) is 24.1. The van der Waals surface area contributed by atoms with Crippen LogP contribution in [0.4, 0.5) is 5.69 Å². The molecule has 1 N–H and O–H groups in total. The summed E-state index contributed by atoms with van der Waals surface area (Å²) in [5.41, 5.74) is 3.64. The summed E-state index contributed by atoms with van der Waals surface area (Å²) in [5.74, 6) is -1.52. The van der Waals surface area contributed by atoms with Crippen molar-refractivity contribution < 1.29 is 23.1 Å². The Morgan fingerprint density at radius 3 is 2.21 bits per heavy atom. The predicted molar refractivity (Wildman–Crippen MR) is 133 cm³/mol. The van der Waals surface area contributed by atoms with E-state index in [0.29, 0.717) is 6.54 Å². The van der Waals surface area contributed by atoms with Crippen LogP contribution in [0.5, 0.6) is 0 Å². The highest BCUT2D eigenvalue weighted by Crippen LogP contribution is 2.28. The molecule has 1 heterocycles. The molecule has 7 nitrogen and oxygen atoms in total. The summed E-state index contributed by atoms with van der Waals surface area (Å²) < 4.78 is 28.2. The van der Waals surface area contributed by atoms with Crippen molar-refractivity contribution in [3.05, 3.63) is 82.8 Å². The van der Waals surface area contributed by atoms with Gasteiger partial charge in [0.25, 0.3) is 0 Å². The topological polar surface area (TPSA) is 95.0 Å². The van der Waals surface area contributed by atoms with E-state index in [2.05, 4.69) is 15.9 Å². The quantitative estimate of drug-likeness (QED) is 0.460. The standard InChI is InChI=1S/C25H23BrN2O5S/c26-21-9-5-18(6-10-21)19-7-11-22(12-8-19)34(32,33)27(17-25(30)31)15-14-24(29)28-16-13-20-3-1-2-4-23(20)28/h1-12H,13-17H2,(H,30,31). The number of fused-ring (bicyclic) bond motifs is 1. The van der Waals surface area contributed by atoms with Crippen molar-refractivity contribution in [2.24, 2.45) is 0 Å². The normalized spacial score (nSPS) is 13.2. The van der Waals surface area contributed by atoms with Crippen LogP contribution in [-0.2, 0) is 26.0 Å². The third-order valence-electron chi connectivity index (χ3n) is 5.74. The molecule has 0 bridgehead atoms. The van der Waals surface area contributed by atoms with E-state index < -0.39 is 22.5 Å². The Balaban J connectivity index is 1.50. The smallest absolute Gasteiger partial charge is 0.318 e. The van der Waals surface area contributed by atoms with Crippen molar-refractivity contribution >= 4 is 43.5 Å². The van der Waals surface area contributed by atoms with Crippen LogP contribution in [-0.4, -0.2) is 49.3 Å². The summed E-state index contributed by atoms with van der Waals surface area (Å²) in [7, 11) is -4.11. The number of aliphatic carboxylic acids is 1. The number of carbonyl (C=O) groups is 2. The van der Waals surface area contributed by atoms with Crippen molar-refractivity contribution in [3.63, 3.8) is 0 Å². The first-order valence-electron chi connectivity index (χ1n) is 10.7. The van der Waals surface area contributed by atoms with Gasteiger partial charge >= 0.3 is 5.97 Å². The minimum atomic E-state index is -4.11. The van der Waals surface area contributed by atoms with Crippen LogP contribution < -0.4 is 4.90 Å². The number of sulfonamides is 1. The average Bonchev–Trinajstić information content (AvgIpc) is 3.26. The van der Waals surface area contributed by atoms with Gasteiger partial charge < -0.3 is 10.0 Å². The van der Waals surface area contributed by atoms with E-state index in [0.717, 1.165) is 37.6 Å². The van der Waals surface area contributed by atoms with Crippen molar-refractivity contribution in [3.8, 4) is 11.1 Å². The van der Waals surface area contributed by atoms with Gasteiger partial charge in [-0.2, -0.15) is 4.31 Å². The lowest BCUT2D eigenvalue weighted by atomic mass is 10.1. The number of carbonyl (C=O) groups excluding carboxylic acids is 1. The summed E-state index contributed by atoms with van der Waals surface area (Å²) in [5, 5.41) is 9.31. The second-order valence-electron chi connectivity index (χ2n) is 7.94. The number of anilines is 1. The maximum atomic E-state index is 13.2. The molecule has 0 aliphatic carbocycles. The zero-order chi connectivity index (χ0) is 24.3. The highest BCUT2D eigenvalue weighted by molar-refractivity contribution is 9.10. The molecule has 9 heteroatoms. The molecule has 0 aromatic heterocycles. The van der Waals surface area contributed by atoms with Crippen LogP contribution in [0.25, 0.3) is 11.1 Å². The fourth-order valence-corrected chi connectivity index (χ4v) is 5.65. The van der Waals surface area contributed by atoms with E-state index in [4.69, 9.17) is 0 Å². The molecule has 34 heavy (non-hydrogen) atoms. The molecule has 3 aromatic carbocycles. The van der Waals surface area contributed by atoms with Gasteiger partial charge in [-0.1, -0.05) is 58.4 Å². The number of carboxylic acids is 1. The van der Waals surface area contributed by atoms with E-state index in [1.165, 1.54) is 12.1 Å². The van der Waals surface area contributed by atoms with E-state index in [1.807, 2.05) is 48.5 Å². The summed E-state index contributed by atoms with van der Waals surface area (Å²) in [6.45, 7) is -0.414. The van der Waals surface area contributed by atoms with Crippen LogP contribution in [0.2, 0.25) is 0 Å². The van der Waals surface area contributed by atoms with E-state index in [9.17, 15) is 23.1 Å². The largest absolute Gasteiger partial charge is 0.480 e. The van der Waals surface area contributed by atoms with E-state index in [-0.39, 0.29) is 23.8 Å². The Kier molecular flexibility index (Phi) is 7.16. The fraction of sp³-hybridized carbons (Fsp3) is 0.200. The Morgan fingerprint density at radius 2 is 1.56 bits per heavy atom. The average molecular weight is 543 g/mol. The molecule has 1 amide bonds. The van der Waals surface area contributed by atoms with Gasteiger partial charge in [0.15, 0.2) is 0 Å². The molecule has 0 atom stereocenters. The lowest BCUT2D eigenvalue weighted by molar-refractivity contribution is -0.137. The summed E-state index contributed by atoms with van der Waals surface area (Å²) >= 11 is 3.39. The van der Waals surface area contributed by atoms with Crippen molar-refractivity contribution in [2.75, 3.05) is 24.5 Å². The highest BCUT2D eigenvalue weighted by Gasteiger charge is 2.29. The zero-order valence-electron chi connectivity index (χ0n) is 18.2. The highest BCUT2D eigenvalue weighted by atomic mass is 79.9. The fourth-order valence-electron chi connectivity index (χ4n) is 4.00. The van der Waals surface area contributed by atoms with Crippen molar-refractivity contribution in [2.45, 2.75) is 17.7 Å². The summed E-state index contributed by atoms with van der Waals surface area (Å²) in [4.78, 5) is 25.9. The minimum Gasteiger partial charge on any atom is -0.480 e. The van der Waals surface area contributed by atoms with Gasteiger partial charge in [0, 0.05) is 29.7 Å². The molecule has 0 saturated heterocycles. The Labute approximate surface area is 206 Å².